The van der Waals surface area contributed by atoms with Gasteiger partial charge in [0.1, 0.15) is 0 Å². The second-order valence-electron chi connectivity index (χ2n) is 3.57. The first-order chi connectivity index (χ1) is 7.34. The molecule has 1 N–H and O–H groups in total. The van der Waals surface area contributed by atoms with Crippen LogP contribution < -0.4 is 5.32 Å². The summed E-state index contributed by atoms with van der Waals surface area (Å²) in [5.41, 5.74) is 0. The number of anilines is 1. The Hall–Kier alpha value is -0.560. The number of alkyl halides is 4. The summed E-state index contributed by atoms with van der Waals surface area (Å²) in [5.74, 6) is -0.605. The van der Waals surface area contributed by atoms with Gasteiger partial charge >= 0.3 is 6.18 Å². The maximum absolute atomic E-state index is 12.2. The van der Waals surface area contributed by atoms with E-state index in [4.69, 9.17) is 11.6 Å². The molecule has 0 bridgehead atoms. The predicted molar refractivity (Wildman–Crippen MR) is 57.9 cm³/mol. The average molecular weight is 274 g/mol. The van der Waals surface area contributed by atoms with Crippen molar-refractivity contribution in [3.63, 3.8) is 0 Å². The van der Waals surface area contributed by atoms with E-state index in [-0.39, 0.29) is 17.1 Å². The van der Waals surface area contributed by atoms with E-state index in [1.165, 1.54) is 0 Å². The third kappa shape index (κ3) is 3.48. The van der Waals surface area contributed by atoms with Crippen LogP contribution in [0.1, 0.15) is 19.7 Å². The summed E-state index contributed by atoms with van der Waals surface area (Å²) < 4.78 is 39.9. The van der Waals surface area contributed by atoms with E-state index in [1.54, 1.807) is 0 Å². The Morgan fingerprint density at radius 2 is 2.06 bits per heavy atom. The summed E-state index contributed by atoms with van der Waals surface area (Å²) in [4.78, 5) is 3.36. The standard InChI is InChI=1S/C8H11ClF3N3S/c1-4(2)5(3-9)13-7-14-6(15-16-7)8(10,11)12/h4-5H,3H2,1-2H3,(H,13,14,15). The number of hydrogen-bond acceptors (Lipinski definition) is 4. The van der Waals surface area contributed by atoms with Gasteiger partial charge in [0, 0.05) is 23.5 Å². The van der Waals surface area contributed by atoms with Crippen molar-refractivity contribution < 1.29 is 13.2 Å². The fraction of sp³-hybridized carbons (Fsp3) is 0.750. The molecule has 1 aromatic rings. The van der Waals surface area contributed by atoms with Crippen LogP contribution in [0.2, 0.25) is 0 Å². The monoisotopic (exact) mass is 273 g/mol. The molecule has 8 heteroatoms. The van der Waals surface area contributed by atoms with Gasteiger partial charge in [-0.3, -0.25) is 0 Å². The number of nitrogens with zero attached hydrogens (tertiary/aromatic N) is 2. The summed E-state index contributed by atoms with van der Waals surface area (Å²) in [6.45, 7) is 3.84. The summed E-state index contributed by atoms with van der Waals surface area (Å²) in [6, 6.07) is -0.115. The molecule has 1 atom stereocenters. The van der Waals surface area contributed by atoms with E-state index in [1.807, 2.05) is 13.8 Å². The van der Waals surface area contributed by atoms with Gasteiger partial charge in [0.2, 0.25) is 11.0 Å². The number of aromatic nitrogens is 2. The van der Waals surface area contributed by atoms with E-state index in [9.17, 15) is 13.2 Å². The highest BCUT2D eigenvalue weighted by molar-refractivity contribution is 7.09. The van der Waals surface area contributed by atoms with Gasteiger partial charge in [-0.2, -0.15) is 22.5 Å². The third-order valence-electron chi connectivity index (χ3n) is 1.96. The largest absolute Gasteiger partial charge is 0.452 e. The fourth-order valence-electron chi connectivity index (χ4n) is 0.939. The molecule has 92 valence electrons. The van der Waals surface area contributed by atoms with Gasteiger partial charge in [-0.25, -0.2) is 0 Å². The quantitative estimate of drug-likeness (QED) is 0.856. The molecule has 0 aromatic carbocycles. The lowest BCUT2D eigenvalue weighted by Gasteiger charge is -2.18. The molecular weight excluding hydrogens is 263 g/mol. The zero-order valence-corrected chi connectivity index (χ0v) is 10.2. The highest BCUT2D eigenvalue weighted by Crippen LogP contribution is 2.29. The van der Waals surface area contributed by atoms with Crippen molar-refractivity contribution in [2.24, 2.45) is 5.92 Å². The molecule has 1 rings (SSSR count). The van der Waals surface area contributed by atoms with Crippen molar-refractivity contribution in [2.75, 3.05) is 11.2 Å². The van der Waals surface area contributed by atoms with E-state index >= 15 is 0 Å². The Morgan fingerprint density at radius 3 is 2.44 bits per heavy atom. The first-order valence-corrected chi connectivity index (χ1v) is 5.88. The highest BCUT2D eigenvalue weighted by Gasteiger charge is 2.36. The van der Waals surface area contributed by atoms with Crippen LogP contribution >= 0.6 is 23.1 Å². The number of rotatable bonds is 4. The summed E-state index contributed by atoms with van der Waals surface area (Å²) in [6.07, 6.45) is -4.50. The minimum Gasteiger partial charge on any atom is -0.356 e. The van der Waals surface area contributed by atoms with Crippen LogP contribution in [0, 0.1) is 5.92 Å². The van der Waals surface area contributed by atoms with Gasteiger partial charge in [0.15, 0.2) is 0 Å². The first kappa shape index (κ1) is 13.5. The van der Waals surface area contributed by atoms with Crippen molar-refractivity contribution >= 4 is 28.3 Å². The average Bonchev–Trinajstić information content (AvgIpc) is 2.61. The number of nitrogens with one attached hydrogen (secondary N) is 1. The molecule has 0 fully saturated rings. The minimum absolute atomic E-state index is 0.115. The van der Waals surface area contributed by atoms with E-state index in [0.717, 1.165) is 0 Å². The highest BCUT2D eigenvalue weighted by atomic mass is 35.5. The fourth-order valence-corrected chi connectivity index (χ4v) is 2.02. The summed E-state index contributed by atoms with van der Waals surface area (Å²) in [5, 5.41) is 2.98. The van der Waals surface area contributed by atoms with Crippen molar-refractivity contribution in [1.29, 1.82) is 0 Å². The predicted octanol–water partition coefficient (Wildman–Crippen LogP) is 3.23. The molecule has 0 aliphatic rings. The van der Waals surface area contributed by atoms with Gasteiger partial charge in [-0.05, 0) is 5.92 Å². The molecule has 1 aromatic heterocycles. The summed E-state index contributed by atoms with van der Waals surface area (Å²) >= 11 is 6.37. The lowest BCUT2D eigenvalue weighted by Crippen LogP contribution is -2.27. The maximum Gasteiger partial charge on any atom is 0.452 e. The van der Waals surface area contributed by atoms with Gasteiger partial charge < -0.3 is 5.32 Å². The van der Waals surface area contributed by atoms with Crippen molar-refractivity contribution in [3.8, 4) is 0 Å². The Labute approximate surface area is 100 Å². The molecule has 1 unspecified atom stereocenters. The first-order valence-electron chi connectivity index (χ1n) is 4.58. The van der Waals surface area contributed by atoms with Crippen LogP contribution in [-0.2, 0) is 6.18 Å². The molecule has 16 heavy (non-hydrogen) atoms. The van der Waals surface area contributed by atoms with E-state index < -0.39 is 12.0 Å². The molecular formula is C8H11ClF3N3S. The molecule has 0 spiro atoms. The van der Waals surface area contributed by atoms with Crippen LogP contribution in [0.5, 0.6) is 0 Å². The number of hydrogen-bond donors (Lipinski definition) is 1. The minimum atomic E-state index is -4.50. The molecule has 0 aliphatic heterocycles. The normalized spacial score (nSPS) is 14.2. The van der Waals surface area contributed by atoms with Gasteiger partial charge in [-0.15, -0.1) is 11.6 Å². The lowest BCUT2D eigenvalue weighted by molar-refractivity contribution is -0.144. The Morgan fingerprint density at radius 1 is 1.44 bits per heavy atom. The van der Waals surface area contributed by atoms with Crippen LogP contribution in [0.25, 0.3) is 0 Å². The smallest absolute Gasteiger partial charge is 0.356 e. The Bertz CT molecular complexity index is 340. The number of halogens is 4. The molecule has 0 saturated heterocycles. The molecule has 0 radical (unpaired) electrons. The van der Waals surface area contributed by atoms with Crippen LogP contribution in [-0.4, -0.2) is 21.3 Å². The second-order valence-corrected chi connectivity index (χ2v) is 4.63. The second kappa shape index (κ2) is 5.18. The van der Waals surface area contributed by atoms with Gasteiger partial charge in [0.25, 0.3) is 0 Å². The Kier molecular flexibility index (Phi) is 4.37. The zero-order chi connectivity index (χ0) is 12.3. The van der Waals surface area contributed by atoms with E-state index in [0.29, 0.717) is 17.4 Å². The van der Waals surface area contributed by atoms with Crippen LogP contribution in [0.15, 0.2) is 0 Å². The zero-order valence-electron chi connectivity index (χ0n) is 8.68. The molecule has 0 saturated carbocycles. The Balaban J connectivity index is 2.72. The van der Waals surface area contributed by atoms with Gasteiger partial charge in [0.05, 0.1) is 0 Å². The molecule has 0 aliphatic carbocycles. The molecule has 1 heterocycles. The van der Waals surface area contributed by atoms with Crippen LogP contribution in [0.4, 0.5) is 18.3 Å². The van der Waals surface area contributed by atoms with Crippen molar-refractivity contribution in [1.82, 2.24) is 9.36 Å². The third-order valence-corrected chi connectivity index (χ3v) is 2.94. The van der Waals surface area contributed by atoms with Crippen molar-refractivity contribution in [2.45, 2.75) is 26.1 Å². The maximum atomic E-state index is 12.2. The van der Waals surface area contributed by atoms with E-state index in [2.05, 4.69) is 14.7 Å². The van der Waals surface area contributed by atoms with Gasteiger partial charge in [-0.1, -0.05) is 13.8 Å². The SMILES string of the molecule is CC(C)C(CCl)Nc1nc(C(F)(F)F)ns1. The molecule has 3 nitrogen and oxygen atoms in total. The molecule has 0 amide bonds. The topological polar surface area (TPSA) is 37.8 Å². The van der Waals surface area contributed by atoms with Crippen LogP contribution in [0.3, 0.4) is 0 Å². The van der Waals surface area contributed by atoms with Crippen molar-refractivity contribution in [3.05, 3.63) is 5.82 Å². The summed E-state index contributed by atoms with van der Waals surface area (Å²) in [7, 11) is 0. The lowest BCUT2D eigenvalue weighted by atomic mass is 10.1.